The maximum atomic E-state index is 13.1. The van der Waals surface area contributed by atoms with E-state index in [2.05, 4.69) is 14.4 Å². The Labute approximate surface area is 196 Å². The third-order valence-corrected chi connectivity index (χ3v) is 8.58. The van der Waals surface area contributed by atoms with E-state index in [1.165, 1.54) is 19.2 Å². The molecule has 0 bridgehead atoms. The van der Waals surface area contributed by atoms with Crippen LogP contribution in [0.2, 0.25) is 0 Å². The van der Waals surface area contributed by atoms with Crippen molar-refractivity contribution in [3.05, 3.63) is 52.1 Å². The average molecular weight is 508 g/mol. The van der Waals surface area contributed by atoms with Crippen LogP contribution in [0.5, 0.6) is 5.75 Å². The van der Waals surface area contributed by atoms with E-state index in [-0.39, 0.29) is 28.8 Å². The van der Waals surface area contributed by atoms with Crippen LogP contribution >= 0.6 is 0 Å². The van der Waals surface area contributed by atoms with Gasteiger partial charge in [0.15, 0.2) is 5.03 Å². The number of aryl methyl sites for hydroxylation is 3. The molecule has 3 aromatic heterocycles. The Bertz CT molecular complexity index is 1710. The number of phenols is 1. The van der Waals surface area contributed by atoms with Crippen LogP contribution in [-0.4, -0.2) is 49.7 Å². The minimum Gasteiger partial charge on any atom is -0.508 e. The van der Waals surface area contributed by atoms with Crippen molar-refractivity contribution in [2.75, 3.05) is 13.6 Å². The van der Waals surface area contributed by atoms with Crippen LogP contribution in [0.1, 0.15) is 11.1 Å². The number of aromatic hydroxyl groups is 1. The van der Waals surface area contributed by atoms with Crippen LogP contribution in [0.3, 0.4) is 0 Å². The molecule has 0 aliphatic heterocycles. The van der Waals surface area contributed by atoms with Crippen LogP contribution in [0.15, 0.2) is 45.3 Å². The van der Waals surface area contributed by atoms with Crippen LogP contribution in [0.25, 0.3) is 21.8 Å². The normalized spacial score (nSPS) is 12.7. The Kier molecular flexibility index (Phi) is 5.84. The van der Waals surface area contributed by atoms with Gasteiger partial charge in [0, 0.05) is 55.4 Å². The van der Waals surface area contributed by atoms with E-state index < -0.39 is 25.6 Å². The fourth-order valence-corrected chi connectivity index (χ4v) is 6.45. The van der Waals surface area contributed by atoms with E-state index in [1.807, 2.05) is 0 Å². The molecule has 0 atom stereocenters. The van der Waals surface area contributed by atoms with Gasteiger partial charge in [0.2, 0.25) is 15.6 Å². The SMILES string of the molecule is CNS(=O)(=O)c1cc(O)cc2c(C)cn(CCNS(=O)(=O)c3[nH]c(=O)cc4c(C)cn(C)c34)c12. The molecule has 0 radical (unpaired) electrons. The topological polar surface area (TPSA) is 155 Å². The number of sulfonamides is 2. The zero-order valence-electron chi connectivity index (χ0n) is 19.0. The average Bonchev–Trinajstić information content (AvgIpc) is 3.22. The summed E-state index contributed by atoms with van der Waals surface area (Å²) in [7, 11) is -5.03. The first-order valence-corrected chi connectivity index (χ1v) is 13.3. The summed E-state index contributed by atoms with van der Waals surface area (Å²) >= 11 is 0. The molecule has 3 heterocycles. The molecule has 0 saturated heterocycles. The van der Waals surface area contributed by atoms with Crippen molar-refractivity contribution in [3.8, 4) is 5.75 Å². The van der Waals surface area contributed by atoms with Crippen LogP contribution in [0, 0.1) is 13.8 Å². The number of H-pyrrole nitrogens is 1. The highest BCUT2D eigenvalue weighted by molar-refractivity contribution is 7.90. The number of phenolic OH excluding ortho intramolecular Hbond substituents is 1. The van der Waals surface area contributed by atoms with Gasteiger partial charge in [-0.05, 0) is 38.1 Å². The minimum absolute atomic E-state index is 0.0761. The molecule has 4 aromatic rings. The van der Waals surface area contributed by atoms with E-state index in [9.17, 15) is 26.7 Å². The third kappa shape index (κ3) is 4.00. The summed E-state index contributed by atoms with van der Waals surface area (Å²) in [6.07, 6.45) is 3.43. The first kappa shape index (κ1) is 24.0. The molecule has 0 amide bonds. The number of benzene rings is 1. The lowest BCUT2D eigenvalue weighted by Crippen LogP contribution is -2.30. The van der Waals surface area contributed by atoms with Gasteiger partial charge in [0.1, 0.15) is 10.6 Å². The van der Waals surface area contributed by atoms with Crippen LogP contribution < -0.4 is 15.0 Å². The van der Waals surface area contributed by atoms with Gasteiger partial charge in [0.25, 0.3) is 10.0 Å². The molecule has 0 unspecified atom stereocenters. The number of hydrogen-bond acceptors (Lipinski definition) is 6. The van der Waals surface area contributed by atoms with Gasteiger partial charge < -0.3 is 19.2 Å². The third-order valence-electron chi connectivity index (χ3n) is 5.74. The highest BCUT2D eigenvalue weighted by atomic mass is 32.2. The summed E-state index contributed by atoms with van der Waals surface area (Å²) in [6, 6.07) is 3.97. The number of aromatic nitrogens is 3. The predicted molar refractivity (Wildman–Crippen MR) is 128 cm³/mol. The van der Waals surface area contributed by atoms with Crippen molar-refractivity contribution in [1.82, 2.24) is 23.6 Å². The van der Waals surface area contributed by atoms with Crippen LogP contribution in [-0.2, 0) is 33.6 Å². The molecule has 0 aliphatic carbocycles. The number of fused-ring (bicyclic) bond motifs is 2. The van der Waals surface area contributed by atoms with Crippen molar-refractivity contribution < 1.29 is 21.9 Å². The lowest BCUT2D eigenvalue weighted by Gasteiger charge is -2.12. The second kappa shape index (κ2) is 8.27. The van der Waals surface area contributed by atoms with Gasteiger partial charge in [0.05, 0.1) is 11.0 Å². The van der Waals surface area contributed by atoms with E-state index in [0.29, 0.717) is 21.8 Å². The molecule has 0 saturated carbocycles. The summed E-state index contributed by atoms with van der Waals surface area (Å²) in [5, 5.41) is 10.9. The summed E-state index contributed by atoms with van der Waals surface area (Å²) in [5.41, 5.74) is 1.68. The standard InChI is InChI=1S/C21H25N5O6S2/c1-12-10-25(4)20-16(12)9-18(28)24-21(20)34(31,32)23-5-6-26-11-13(2)15-7-14(27)8-17(19(15)26)33(29,30)22-3/h7-11,22-23,27H,5-6H2,1-4H3,(H,24,28). The van der Waals surface area contributed by atoms with Gasteiger partial charge in [-0.25, -0.2) is 26.3 Å². The lowest BCUT2D eigenvalue weighted by atomic mass is 10.2. The summed E-state index contributed by atoms with van der Waals surface area (Å²) in [4.78, 5) is 14.4. The number of nitrogens with one attached hydrogen (secondary N) is 3. The fraction of sp³-hybridized carbons (Fsp3) is 0.286. The van der Waals surface area contributed by atoms with Crippen LogP contribution in [0.4, 0.5) is 0 Å². The maximum Gasteiger partial charge on any atom is 0.258 e. The fourth-order valence-electron chi connectivity index (χ4n) is 4.22. The maximum absolute atomic E-state index is 13.1. The summed E-state index contributed by atoms with van der Waals surface area (Å²) in [6.45, 7) is 3.58. The molecule has 0 fully saturated rings. The Morgan fingerprint density at radius 1 is 0.971 bits per heavy atom. The first-order chi connectivity index (χ1) is 15.9. The molecule has 182 valence electrons. The molecule has 1 aromatic carbocycles. The molecule has 0 spiro atoms. The number of rotatable bonds is 7. The van der Waals surface area contributed by atoms with Crippen molar-refractivity contribution in [1.29, 1.82) is 0 Å². The Balaban J connectivity index is 1.71. The van der Waals surface area contributed by atoms with E-state index in [1.54, 1.807) is 42.4 Å². The number of aromatic amines is 1. The first-order valence-electron chi connectivity index (χ1n) is 10.3. The molecule has 4 N–H and O–H groups in total. The number of pyridine rings is 1. The van der Waals surface area contributed by atoms with Crippen molar-refractivity contribution in [2.24, 2.45) is 7.05 Å². The Hall–Kier alpha value is -3.13. The summed E-state index contributed by atoms with van der Waals surface area (Å²) in [5.74, 6) is -0.196. The molecular weight excluding hydrogens is 482 g/mol. The monoisotopic (exact) mass is 507 g/mol. The molecule has 0 aliphatic rings. The molecule has 11 nitrogen and oxygen atoms in total. The summed E-state index contributed by atoms with van der Waals surface area (Å²) < 4.78 is 59.3. The van der Waals surface area contributed by atoms with Crippen molar-refractivity contribution in [3.63, 3.8) is 0 Å². The highest BCUT2D eigenvalue weighted by Gasteiger charge is 2.24. The molecular formula is C21H25N5O6S2. The Morgan fingerprint density at radius 3 is 2.29 bits per heavy atom. The smallest absolute Gasteiger partial charge is 0.258 e. The quantitative estimate of drug-likeness (QED) is 0.293. The van der Waals surface area contributed by atoms with Crippen molar-refractivity contribution in [2.45, 2.75) is 30.3 Å². The van der Waals surface area contributed by atoms with Gasteiger partial charge in [-0.1, -0.05) is 0 Å². The minimum atomic E-state index is -4.10. The van der Waals surface area contributed by atoms with Gasteiger partial charge in [-0.15, -0.1) is 0 Å². The van der Waals surface area contributed by atoms with E-state index >= 15 is 0 Å². The number of nitrogens with zero attached hydrogens (tertiary/aromatic N) is 2. The second-order valence-electron chi connectivity index (χ2n) is 8.10. The van der Waals surface area contributed by atoms with Crippen molar-refractivity contribution >= 4 is 41.9 Å². The number of hydrogen-bond donors (Lipinski definition) is 4. The zero-order valence-corrected chi connectivity index (χ0v) is 20.6. The van der Waals surface area contributed by atoms with Gasteiger partial charge >= 0.3 is 0 Å². The second-order valence-corrected chi connectivity index (χ2v) is 11.7. The molecule has 4 rings (SSSR count). The predicted octanol–water partition coefficient (Wildman–Crippen LogP) is 1.03. The van der Waals surface area contributed by atoms with E-state index in [0.717, 1.165) is 17.2 Å². The lowest BCUT2D eigenvalue weighted by molar-refractivity contribution is 0.474. The van der Waals surface area contributed by atoms with Gasteiger partial charge in [-0.2, -0.15) is 0 Å². The highest BCUT2D eigenvalue weighted by Crippen LogP contribution is 2.31. The largest absolute Gasteiger partial charge is 0.508 e. The Morgan fingerprint density at radius 2 is 1.62 bits per heavy atom. The zero-order chi connectivity index (χ0) is 25.0. The molecule has 34 heavy (non-hydrogen) atoms. The van der Waals surface area contributed by atoms with E-state index in [4.69, 9.17) is 0 Å². The van der Waals surface area contributed by atoms with Gasteiger partial charge in [-0.3, -0.25) is 4.79 Å². The molecule has 13 heteroatoms.